The Balaban J connectivity index is 1.67. The van der Waals surface area contributed by atoms with E-state index < -0.39 is 11.6 Å². The number of carbonyl (C=O) groups is 3. The number of rotatable bonds is 6. The van der Waals surface area contributed by atoms with Crippen LogP contribution in [0, 0.1) is 11.8 Å². The molecule has 2 fully saturated rings. The van der Waals surface area contributed by atoms with Gasteiger partial charge >= 0.3 is 6.03 Å². The predicted molar refractivity (Wildman–Crippen MR) is 91.3 cm³/mol. The van der Waals surface area contributed by atoms with E-state index in [0.29, 0.717) is 0 Å². The Kier molecular flexibility index (Phi) is 4.49. The highest BCUT2D eigenvalue weighted by Gasteiger charge is 2.56. The quantitative estimate of drug-likeness (QED) is 0.767. The van der Waals surface area contributed by atoms with E-state index >= 15 is 0 Å². The van der Waals surface area contributed by atoms with Crippen molar-refractivity contribution in [1.82, 2.24) is 20.5 Å². The summed E-state index contributed by atoms with van der Waals surface area (Å²) >= 11 is 0. The molecule has 25 heavy (non-hydrogen) atoms. The molecule has 0 aromatic carbocycles. The van der Waals surface area contributed by atoms with Crippen molar-refractivity contribution >= 4 is 17.8 Å². The fraction of sp³-hybridized carbons (Fsp3) is 0.556. The molecule has 2 aliphatic rings. The lowest BCUT2D eigenvalue weighted by Crippen LogP contribution is -2.47. The zero-order chi connectivity index (χ0) is 18.2. The van der Waals surface area contributed by atoms with E-state index in [9.17, 15) is 14.4 Å². The van der Waals surface area contributed by atoms with E-state index in [4.69, 9.17) is 0 Å². The molecule has 3 rings (SSSR count). The van der Waals surface area contributed by atoms with Crippen LogP contribution >= 0.6 is 0 Å². The zero-order valence-corrected chi connectivity index (χ0v) is 14.8. The van der Waals surface area contributed by atoms with E-state index in [1.165, 1.54) is 0 Å². The summed E-state index contributed by atoms with van der Waals surface area (Å²) in [7, 11) is 0. The first kappa shape index (κ1) is 17.4. The van der Waals surface area contributed by atoms with Crippen LogP contribution in [0.3, 0.4) is 0 Å². The molecule has 2 N–H and O–H groups in total. The second-order valence-electron chi connectivity index (χ2n) is 7.34. The first-order valence-corrected chi connectivity index (χ1v) is 8.67. The topological polar surface area (TPSA) is 91.4 Å². The van der Waals surface area contributed by atoms with Crippen LogP contribution in [0.1, 0.15) is 45.3 Å². The van der Waals surface area contributed by atoms with Gasteiger partial charge in [0.15, 0.2) is 0 Å². The maximum atomic E-state index is 12.6. The summed E-state index contributed by atoms with van der Waals surface area (Å²) in [5.41, 5.74) is -0.110. The Hall–Kier alpha value is -2.44. The van der Waals surface area contributed by atoms with Gasteiger partial charge in [-0.15, -0.1) is 0 Å². The van der Waals surface area contributed by atoms with Gasteiger partial charge in [0, 0.05) is 6.20 Å². The monoisotopic (exact) mass is 344 g/mol. The van der Waals surface area contributed by atoms with Gasteiger partial charge in [-0.05, 0) is 43.7 Å². The molecule has 1 aromatic heterocycles. The normalized spacial score (nSPS) is 24.4. The van der Waals surface area contributed by atoms with Gasteiger partial charge in [-0.2, -0.15) is 0 Å². The summed E-state index contributed by atoms with van der Waals surface area (Å²) < 4.78 is 0. The number of imide groups is 1. The van der Waals surface area contributed by atoms with E-state index in [-0.39, 0.29) is 36.2 Å². The Labute approximate surface area is 147 Å². The fourth-order valence-electron chi connectivity index (χ4n) is 3.30. The summed E-state index contributed by atoms with van der Waals surface area (Å²) in [6, 6.07) is 4.76. The van der Waals surface area contributed by atoms with E-state index in [1.807, 2.05) is 32.0 Å². The summed E-state index contributed by atoms with van der Waals surface area (Å²) in [5.74, 6) is -0.380. The lowest BCUT2D eigenvalue weighted by Gasteiger charge is -2.24. The van der Waals surface area contributed by atoms with Crippen molar-refractivity contribution in [2.45, 2.75) is 45.2 Å². The number of hydrogen-bond donors (Lipinski definition) is 2. The largest absolute Gasteiger partial charge is 0.346 e. The zero-order valence-electron chi connectivity index (χ0n) is 14.8. The smallest absolute Gasteiger partial charge is 0.325 e. The minimum atomic E-state index is -0.865. The third kappa shape index (κ3) is 3.36. The van der Waals surface area contributed by atoms with E-state index in [2.05, 4.69) is 15.6 Å². The maximum Gasteiger partial charge on any atom is 0.325 e. The highest BCUT2D eigenvalue weighted by atomic mass is 16.2. The number of aromatic nitrogens is 1. The minimum absolute atomic E-state index is 0.124. The van der Waals surface area contributed by atoms with Gasteiger partial charge in [-0.3, -0.25) is 19.5 Å². The van der Waals surface area contributed by atoms with Gasteiger partial charge in [0.05, 0.1) is 11.7 Å². The number of pyridine rings is 1. The van der Waals surface area contributed by atoms with Crippen LogP contribution in [0.25, 0.3) is 0 Å². The van der Waals surface area contributed by atoms with Crippen molar-refractivity contribution in [3.05, 3.63) is 30.1 Å². The molecule has 2 unspecified atom stereocenters. The number of nitrogens with one attached hydrogen (secondary N) is 2. The lowest BCUT2D eigenvalue weighted by molar-refractivity contribution is -0.135. The Morgan fingerprint density at radius 1 is 1.40 bits per heavy atom. The first-order valence-electron chi connectivity index (χ1n) is 8.67. The molecular weight excluding hydrogens is 320 g/mol. The van der Waals surface area contributed by atoms with Crippen molar-refractivity contribution in [3.8, 4) is 0 Å². The molecule has 2 heterocycles. The van der Waals surface area contributed by atoms with Crippen LogP contribution < -0.4 is 10.6 Å². The minimum Gasteiger partial charge on any atom is -0.346 e. The molecule has 1 saturated heterocycles. The number of amides is 4. The highest BCUT2D eigenvalue weighted by molar-refractivity contribution is 6.09. The van der Waals surface area contributed by atoms with Gasteiger partial charge in [-0.25, -0.2) is 4.79 Å². The van der Waals surface area contributed by atoms with Crippen LogP contribution in [0.2, 0.25) is 0 Å². The molecule has 1 aliphatic carbocycles. The molecule has 7 heteroatoms. The van der Waals surface area contributed by atoms with Crippen LogP contribution in [-0.2, 0) is 9.59 Å². The van der Waals surface area contributed by atoms with Crippen LogP contribution in [-0.4, -0.2) is 39.8 Å². The Morgan fingerprint density at radius 3 is 2.68 bits per heavy atom. The summed E-state index contributed by atoms with van der Waals surface area (Å²) in [6.07, 6.45) is 3.53. The second kappa shape index (κ2) is 6.46. The number of hydrogen-bond acceptors (Lipinski definition) is 4. The molecule has 4 amide bonds. The summed E-state index contributed by atoms with van der Waals surface area (Å²) in [5, 5.41) is 5.65. The molecule has 1 aromatic rings. The van der Waals surface area contributed by atoms with Crippen molar-refractivity contribution < 1.29 is 14.4 Å². The third-order valence-corrected chi connectivity index (χ3v) is 4.99. The molecule has 1 aliphatic heterocycles. The second-order valence-corrected chi connectivity index (χ2v) is 7.34. The molecule has 7 nitrogen and oxygen atoms in total. The van der Waals surface area contributed by atoms with Gasteiger partial charge in [0.1, 0.15) is 12.1 Å². The van der Waals surface area contributed by atoms with Crippen molar-refractivity contribution in [2.75, 3.05) is 6.54 Å². The predicted octanol–water partition coefficient (Wildman–Crippen LogP) is 1.62. The van der Waals surface area contributed by atoms with Crippen molar-refractivity contribution in [3.63, 3.8) is 0 Å². The van der Waals surface area contributed by atoms with Gasteiger partial charge < -0.3 is 10.6 Å². The number of urea groups is 1. The Bertz CT molecular complexity index is 687. The molecule has 0 spiro atoms. The molecule has 1 saturated carbocycles. The molecule has 0 bridgehead atoms. The van der Waals surface area contributed by atoms with E-state index in [1.54, 1.807) is 13.1 Å². The Morgan fingerprint density at radius 2 is 2.12 bits per heavy atom. The average Bonchev–Trinajstić information content (AvgIpc) is 3.39. The highest BCUT2D eigenvalue weighted by Crippen LogP contribution is 2.42. The van der Waals surface area contributed by atoms with Crippen molar-refractivity contribution in [2.24, 2.45) is 11.8 Å². The molecule has 134 valence electrons. The maximum absolute atomic E-state index is 12.6. The lowest BCUT2D eigenvalue weighted by atomic mass is 9.96. The summed E-state index contributed by atoms with van der Waals surface area (Å²) in [6.45, 7) is 5.44. The molecule has 0 radical (unpaired) electrons. The standard InChI is InChI=1S/C18H24N4O3/c1-11(2)15(13-6-4-5-9-19-13)20-14(23)10-22-16(24)18(3,12-7-8-12)21-17(22)25/h4-6,9,11-12,15H,7-8,10H2,1-3H3,(H,20,23)(H,21,25). The fourth-order valence-corrected chi connectivity index (χ4v) is 3.30. The van der Waals surface area contributed by atoms with E-state index in [0.717, 1.165) is 23.4 Å². The van der Waals surface area contributed by atoms with Gasteiger partial charge in [0.2, 0.25) is 5.91 Å². The van der Waals surface area contributed by atoms with Gasteiger partial charge in [0.25, 0.3) is 5.91 Å². The van der Waals surface area contributed by atoms with Crippen LogP contribution in [0.5, 0.6) is 0 Å². The van der Waals surface area contributed by atoms with Crippen LogP contribution in [0.15, 0.2) is 24.4 Å². The average molecular weight is 344 g/mol. The third-order valence-electron chi connectivity index (χ3n) is 4.99. The van der Waals surface area contributed by atoms with Crippen LogP contribution in [0.4, 0.5) is 4.79 Å². The molecular formula is C18H24N4O3. The first-order chi connectivity index (χ1) is 11.8. The van der Waals surface area contributed by atoms with Crippen molar-refractivity contribution in [1.29, 1.82) is 0 Å². The number of nitrogens with zero attached hydrogens (tertiary/aromatic N) is 2. The van der Waals surface area contributed by atoms with Gasteiger partial charge in [-0.1, -0.05) is 19.9 Å². The summed E-state index contributed by atoms with van der Waals surface area (Å²) in [4.78, 5) is 42.5. The molecule has 2 atom stereocenters. The SMILES string of the molecule is CC(C)C(NC(=O)CN1C(=O)NC(C)(C2CC2)C1=O)c1ccccn1. The number of carbonyl (C=O) groups excluding carboxylic acids is 3.